The fourth-order valence-electron chi connectivity index (χ4n) is 2.54. The Morgan fingerprint density at radius 1 is 1.04 bits per heavy atom. The number of aryl methyl sites for hydroxylation is 2. The van der Waals surface area contributed by atoms with Crippen molar-refractivity contribution in [3.8, 4) is 11.5 Å². The van der Waals surface area contributed by atoms with Gasteiger partial charge in [-0.2, -0.15) is 0 Å². The molecule has 4 heteroatoms. The fraction of sp³-hybridized carbons (Fsp3) is 0.105. The van der Waals surface area contributed by atoms with Crippen LogP contribution in [0.15, 0.2) is 58.3 Å². The smallest absolute Gasteiger partial charge is 0.187 e. The van der Waals surface area contributed by atoms with Crippen molar-refractivity contribution in [3.63, 3.8) is 0 Å². The first kappa shape index (κ1) is 14.0. The Hall–Kier alpha value is -2.59. The van der Waals surface area contributed by atoms with E-state index in [0.29, 0.717) is 0 Å². The zero-order valence-corrected chi connectivity index (χ0v) is 13.8. The number of thiazole rings is 1. The molecule has 0 atom stereocenters. The van der Waals surface area contributed by atoms with E-state index in [0.717, 1.165) is 33.2 Å². The number of hydrogen-bond donors (Lipinski definition) is 1. The molecule has 4 aromatic rings. The quantitative estimate of drug-likeness (QED) is 0.509. The number of benzene rings is 2. The van der Waals surface area contributed by atoms with Gasteiger partial charge >= 0.3 is 0 Å². The highest BCUT2D eigenvalue weighted by Gasteiger charge is 2.10. The molecule has 3 nitrogen and oxygen atoms in total. The number of furan rings is 1. The molecule has 114 valence electrons. The van der Waals surface area contributed by atoms with Gasteiger partial charge in [-0.15, -0.1) is 11.3 Å². The standard InChI is InChI=1S/C19H16N2OS/c1-12-7-8-13(2)15(9-12)20-19-21-16(11-23-19)18-10-14-5-3-4-6-17(14)22-18/h3-11H,1-2H3,(H,20,21). The van der Waals surface area contributed by atoms with Crippen molar-refractivity contribution >= 4 is 33.1 Å². The molecule has 0 aliphatic carbocycles. The van der Waals surface area contributed by atoms with Crippen LogP contribution < -0.4 is 5.32 Å². The molecule has 2 aromatic heterocycles. The second kappa shape index (κ2) is 5.56. The molecule has 1 N–H and O–H groups in total. The van der Waals surface area contributed by atoms with Gasteiger partial charge in [0.2, 0.25) is 0 Å². The van der Waals surface area contributed by atoms with Crippen molar-refractivity contribution in [2.45, 2.75) is 13.8 Å². The highest BCUT2D eigenvalue weighted by molar-refractivity contribution is 7.14. The molecule has 0 saturated carbocycles. The third kappa shape index (κ3) is 2.73. The summed E-state index contributed by atoms with van der Waals surface area (Å²) in [4.78, 5) is 4.66. The maximum absolute atomic E-state index is 5.88. The Labute approximate surface area is 138 Å². The molecule has 0 radical (unpaired) electrons. The Morgan fingerprint density at radius 3 is 2.78 bits per heavy atom. The fourth-order valence-corrected chi connectivity index (χ4v) is 3.25. The van der Waals surface area contributed by atoms with Gasteiger partial charge in [0.25, 0.3) is 0 Å². The number of anilines is 2. The monoisotopic (exact) mass is 320 g/mol. The van der Waals surface area contributed by atoms with Gasteiger partial charge in [0.05, 0.1) is 0 Å². The van der Waals surface area contributed by atoms with E-state index in [1.807, 2.05) is 35.7 Å². The Bertz CT molecular complexity index is 951. The molecule has 0 amide bonds. The number of para-hydroxylation sites is 1. The first-order chi connectivity index (χ1) is 11.2. The summed E-state index contributed by atoms with van der Waals surface area (Å²) < 4.78 is 5.88. The summed E-state index contributed by atoms with van der Waals surface area (Å²) in [6.45, 7) is 4.18. The molecular weight excluding hydrogens is 304 g/mol. The van der Waals surface area contributed by atoms with Crippen LogP contribution in [0.4, 0.5) is 10.8 Å². The number of nitrogens with one attached hydrogen (secondary N) is 1. The van der Waals surface area contributed by atoms with Gasteiger partial charge in [-0.1, -0.05) is 30.3 Å². The lowest BCUT2D eigenvalue weighted by atomic mass is 10.1. The summed E-state index contributed by atoms with van der Waals surface area (Å²) in [6, 6.07) is 16.4. The molecule has 4 rings (SSSR count). The van der Waals surface area contributed by atoms with Gasteiger partial charge < -0.3 is 9.73 Å². The van der Waals surface area contributed by atoms with E-state index in [-0.39, 0.29) is 0 Å². The molecule has 0 unspecified atom stereocenters. The van der Waals surface area contributed by atoms with Gasteiger partial charge in [-0.3, -0.25) is 0 Å². The molecule has 23 heavy (non-hydrogen) atoms. The SMILES string of the molecule is Cc1ccc(C)c(Nc2nc(-c3cc4ccccc4o3)cs2)c1. The predicted octanol–water partition coefficient (Wildman–Crippen LogP) is 5.92. The topological polar surface area (TPSA) is 38.1 Å². The lowest BCUT2D eigenvalue weighted by Gasteiger charge is -2.07. The maximum Gasteiger partial charge on any atom is 0.187 e. The zero-order chi connectivity index (χ0) is 15.8. The first-order valence-corrected chi connectivity index (χ1v) is 8.36. The molecule has 0 saturated heterocycles. The van der Waals surface area contributed by atoms with Crippen LogP contribution in [0.5, 0.6) is 0 Å². The first-order valence-electron chi connectivity index (χ1n) is 7.48. The van der Waals surface area contributed by atoms with E-state index in [1.54, 1.807) is 11.3 Å². The Kier molecular flexibility index (Phi) is 3.39. The lowest BCUT2D eigenvalue weighted by molar-refractivity contribution is 0.629. The molecule has 0 aliphatic rings. The van der Waals surface area contributed by atoms with E-state index >= 15 is 0 Å². The highest BCUT2D eigenvalue weighted by atomic mass is 32.1. The van der Waals surface area contributed by atoms with E-state index in [1.165, 1.54) is 11.1 Å². The van der Waals surface area contributed by atoms with E-state index in [9.17, 15) is 0 Å². The van der Waals surface area contributed by atoms with Crippen LogP contribution in [-0.2, 0) is 0 Å². The average molecular weight is 320 g/mol. The van der Waals surface area contributed by atoms with Crippen LogP contribution in [0.2, 0.25) is 0 Å². The number of fused-ring (bicyclic) bond motifs is 1. The summed E-state index contributed by atoms with van der Waals surface area (Å²) in [6.07, 6.45) is 0. The van der Waals surface area contributed by atoms with Crippen molar-refractivity contribution in [1.29, 1.82) is 0 Å². The number of hydrogen-bond acceptors (Lipinski definition) is 4. The third-order valence-corrected chi connectivity index (χ3v) is 4.57. The molecule has 2 heterocycles. The molecule has 0 fully saturated rings. The minimum Gasteiger partial charge on any atom is -0.454 e. The Morgan fingerprint density at radius 2 is 1.91 bits per heavy atom. The maximum atomic E-state index is 5.88. The Balaban J connectivity index is 1.65. The van der Waals surface area contributed by atoms with Crippen LogP contribution in [0.3, 0.4) is 0 Å². The summed E-state index contributed by atoms with van der Waals surface area (Å²) >= 11 is 1.58. The largest absolute Gasteiger partial charge is 0.454 e. The summed E-state index contributed by atoms with van der Waals surface area (Å²) in [7, 11) is 0. The van der Waals surface area contributed by atoms with E-state index in [2.05, 4.69) is 42.3 Å². The number of aromatic nitrogens is 1. The van der Waals surface area contributed by atoms with E-state index < -0.39 is 0 Å². The van der Waals surface area contributed by atoms with Crippen molar-refractivity contribution in [2.75, 3.05) is 5.32 Å². The molecule has 0 spiro atoms. The van der Waals surface area contributed by atoms with Crippen molar-refractivity contribution in [2.24, 2.45) is 0 Å². The minimum atomic E-state index is 0.802. The molecule has 0 aliphatic heterocycles. The molecular formula is C19H16N2OS. The van der Waals surface area contributed by atoms with Crippen LogP contribution in [-0.4, -0.2) is 4.98 Å². The van der Waals surface area contributed by atoms with Crippen LogP contribution in [0.25, 0.3) is 22.4 Å². The second-order valence-corrected chi connectivity index (χ2v) is 6.49. The normalized spacial score (nSPS) is 11.0. The molecule has 0 bridgehead atoms. The van der Waals surface area contributed by atoms with Crippen molar-refractivity contribution in [3.05, 3.63) is 65.0 Å². The third-order valence-electron chi connectivity index (χ3n) is 3.82. The van der Waals surface area contributed by atoms with Crippen LogP contribution in [0.1, 0.15) is 11.1 Å². The van der Waals surface area contributed by atoms with Gasteiger partial charge in [-0.25, -0.2) is 4.98 Å². The van der Waals surface area contributed by atoms with Crippen LogP contribution in [0, 0.1) is 13.8 Å². The van der Waals surface area contributed by atoms with Gasteiger partial charge in [-0.05, 0) is 43.2 Å². The summed E-state index contributed by atoms with van der Waals surface area (Å²) in [5.41, 5.74) is 5.28. The minimum absolute atomic E-state index is 0.802. The summed E-state index contributed by atoms with van der Waals surface area (Å²) in [5, 5.41) is 7.39. The molecule has 2 aromatic carbocycles. The highest BCUT2D eigenvalue weighted by Crippen LogP contribution is 2.31. The second-order valence-electron chi connectivity index (χ2n) is 5.63. The summed E-state index contributed by atoms with van der Waals surface area (Å²) in [5.74, 6) is 0.802. The zero-order valence-electron chi connectivity index (χ0n) is 13.0. The lowest BCUT2D eigenvalue weighted by Crippen LogP contribution is -1.93. The van der Waals surface area contributed by atoms with E-state index in [4.69, 9.17) is 4.42 Å². The predicted molar refractivity (Wildman–Crippen MR) is 96.5 cm³/mol. The number of rotatable bonds is 3. The van der Waals surface area contributed by atoms with Gasteiger partial charge in [0.15, 0.2) is 10.9 Å². The average Bonchev–Trinajstić information content (AvgIpc) is 3.17. The van der Waals surface area contributed by atoms with Crippen molar-refractivity contribution in [1.82, 2.24) is 4.98 Å². The number of nitrogens with zero attached hydrogens (tertiary/aromatic N) is 1. The van der Waals surface area contributed by atoms with Gasteiger partial charge in [0.1, 0.15) is 11.3 Å². The van der Waals surface area contributed by atoms with Gasteiger partial charge in [0, 0.05) is 16.5 Å². The van der Waals surface area contributed by atoms with Crippen molar-refractivity contribution < 1.29 is 4.42 Å². The van der Waals surface area contributed by atoms with Crippen LogP contribution >= 0.6 is 11.3 Å².